The average Bonchev–Trinajstić information content (AvgIpc) is 1.61. The van der Waals surface area contributed by atoms with E-state index in [1.165, 1.54) is 0 Å². The van der Waals surface area contributed by atoms with E-state index in [1.807, 2.05) is 0 Å². The minimum atomic E-state index is 0.309. The van der Waals surface area contributed by atoms with E-state index in [0.717, 1.165) is 0 Å². The van der Waals surface area contributed by atoms with Crippen molar-refractivity contribution in [2.45, 2.75) is 19.9 Å². The van der Waals surface area contributed by atoms with Crippen LogP contribution in [0.2, 0.25) is 0 Å². The van der Waals surface area contributed by atoms with Gasteiger partial charge in [0.25, 0.3) is 0 Å². The summed E-state index contributed by atoms with van der Waals surface area (Å²) in [4.78, 5) is 0. The number of halogens is 3. The average molecular weight is 438 g/mol. The van der Waals surface area contributed by atoms with Crippen LogP contribution in [0.1, 0.15) is 13.8 Å². The Labute approximate surface area is 70.7 Å². The molecular formula is C3H7I3N-. The fourth-order valence-electron chi connectivity index (χ4n) is 0.0877. The molecule has 46 valence electrons. The van der Waals surface area contributed by atoms with E-state index in [0.29, 0.717) is 36.4 Å². The fourth-order valence-corrected chi connectivity index (χ4v) is 7.53. The third-order valence-corrected chi connectivity index (χ3v) is 10.3. The Morgan fingerprint density at radius 1 is 1.71 bits per heavy atom. The molecule has 4 heteroatoms. The van der Waals surface area contributed by atoms with Crippen molar-refractivity contribution in [3.63, 3.8) is 0 Å². The van der Waals surface area contributed by atoms with Crippen LogP contribution in [0.5, 0.6) is 0 Å². The summed E-state index contributed by atoms with van der Waals surface area (Å²) < 4.78 is 4.39. The molecule has 1 nitrogen and oxygen atoms in total. The summed E-state index contributed by atoms with van der Waals surface area (Å²) in [6, 6.07) is 0.599. The first-order valence-electron chi connectivity index (χ1n) is 1.87. The molecule has 0 saturated heterocycles. The monoisotopic (exact) mass is 438 g/mol. The molecule has 0 heterocycles. The molecule has 0 bridgehead atoms. The molecule has 0 unspecified atom stereocenters. The van der Waals surface area contributed by atoms with E-state index in [-0.39, 0.29) is 0 Å². The first kappa shape index (κ1) is 8.99. The molecule has 0 N–H and O–H groups in total. The zero-order valence-corrected chi connectivity index (χ0v) is 10.6. The number of nitrogens with zero attached hydrogens (tertiary/aromatic N) is 1. The molecule has 0 atom stereocenters. The topological polar surface area (TPSA) is 12.4 Å². The van der Waals surface area contributed by atoms with Gasteiger partial charge in [0.2, 0.25) is 0 Å². The summed E-state index contributed by atoms with van der Waals surface area (Å²) in [5.41, 5.74) is 0. The van der Waals surface area contributed by atoms with Crippen LogP contribution >= 0.6 is 35.7 Å². The first-order chi connectivity index (χ1) is 3.27. The Morgan fingerprint density at radius 2 is 2.29 bits per heavy atom. The zero-order valence-electron chi connectivity index (χ0n) is 4.16. The molecule has 0 rings (SSSR count). The molecule has 0 radical (unpaired) electrons. The van der Waals surface area contributed by atoms with Crippen molar-refractivity contribution in [2.24, 2.45) is 3.15 Å². The van der Waals surface area contributed by atoms with Crippen LogP contribution in [0.4, 0.5) is 0 Å². The molecule has 0 aliphatic heterocycles. The Morgan fingerprint density at radius 3 is 2.43 bits per heavy atom. The van der Waals surface area contributed by atoms with Gasteiger partial charge in [0.15, 0.2) is 0 Å². The number of hydrogen-bond acceptors (Lipinski definition) is 1. The minimum absolute atomic E-state index is 0.309. The molecule has 0 amide bonds. The van der Waals surface area contributed by atoms with Crippen LogP contribution < -0.4 is 13.3 Å². The van der Waals surface area contributed by atoms with Gasteiger partial charge in [0.1, 0.15) is 0 Å². The van der Waals surface area contributed by atoms with Crippen molar-refractivity contribution in [1.29, 1.82) is 0 Å². The van der Waals surface area contributed by atoms with Gasteiger partial charge in [-0.25, -0.2) is 0 Å². The Kier molecular flexibility index (Phi) is 7.85. The van der Waals surface area contributed by atoms with Gasteiger partial charge in [-0.3, -0.25) is 0 Å². The van der Waals surface area contributed by atoms with E-state index in [9.17, 15) is 0 Å². The van der Waals surface area contributed by atoms with Crippen molar-refractivity contribution in [3.8, 4) is 0 Å². The Bertz CT molecular complexity index is 61.2. The van der Waals surface area contributed by atoms with Crippen LogP contribution in [0.15, 0.2) is 3.15 Å². The third-order valence-electron chi connectivity index (χ3n) is 0.256. The maximum absolute atomic E-state index is 4.39. The molecule has 0 fully saturated rings. The van der Waals surface area contributed by atoms with Gasteiger partial charge in [0.05, 0.1) is 0 Å². The van der Waals surface area contributed by atoms with Gasteiger partial charge in [-0.05, 0) is 0 Å². The first-order valence-corrected chi connectivity index (χ1v) is 15.4. The van der Waals surface area contributed by atoms with E-state index in [2.05, 4.69) is 35.6 Å². The summed E-state index contributed by atoms with van der Waals surface area (Å²) in [7, 11) is 0. The second kappa shape index (κ2) is 6.12. The molecule has 0 aliphatic rings. The van der Waals surface area contributed by atoms with Crippen molar-refractivity contribution >= 4 is 35.7 Å². The summed E-state index contributed by atoms with van der Waals surface area (Å²) in [6.07, 6.45) is 0. The number of hydrogen-bond donors (Lipinski definition) is 0. The van der Waals surface area contributed by atoms with Gasteiger partial charge < -0.3 is 0 Å². The molecule has 0 aromatic heterocycles. The summed E-state index contributed by atoms with van der Waals surface area (Å²) in [6.45, 7) is 4.30. The molecule has 0 aromatic rings. The molecule has 0 aromatic carbocycles. The summed E-state index contributed by atoms with van der Waals surface area (Å²) >= 11 is 3.28. The normalized spacial score (nSPS) is 13.1. The maximum atomic E-state index is 4.39. The van der Waals surface area contributed by atoms with Gasteiger partial charge in [-0.1, -0.05) is 0 Å². The van der Waals surface area contributed by atoms with E-state index < -0.39 is 0 Å². The molecule has 0 aliphatic carbocycles. The summed E-state index contributed by atoms with van der Waals surface area (Å²) in [5, 5.41) is 0. The van der Waals surface area contributed by atoms with Crippen LogP contribution in [0.3, 0.4) is 0 Å². The predicted octanol–water partition coefficient (Wildman–Crippen LogP) is -0.0969. The SMILES string of the molecule is CC(C)N=I[I-]I. The predicted molar refractivity (Wildman–Crippen MR) is 45.6 cm³/mol. The van der Waals surface area contributed by atoms with Crippen molar-refractivity contribution in [2.75, 3.05) is 0 Å². The molecule has 0 spiro atoms. The van der Waals surface area contributed by atoms with E-state index in [4.69, 9.17) is 0 Å². The second-order valence-electron chi connectivity index (χ2n) is 1.31. The van der Waals surface area contributed by atoms with Crippen LogP contribution in [0.25, 0.3) is 0 Å². The van der Waals surface area contributed by atoms with E-state index in [1.54, 1.807) is 0 Å². The van der Waals surface area contributed by atoms with Crippen LogP contribution in [0, 0.1) is 0 Å². The van der Waals surface area contributed by atoms with Gasteiger partial charge >= 0.3 is 72.0 Å². The molecule has 7 heavy (non-hydrogen) atoms. The van der Waals surface area contributed by atoms with Gasteiger partial charge in [0, 0.05) is 0 Å². The van der Waals surface area contributed by atoms with Gasteiger partial charge in [-0.2, -0.15) is 0 Å². The standard InChI is InChI=1S/C3H7I3N/c1-3(2)7-6-5-4/h3H,1-2H3/q-1. The molecule has 0 saturated carbocycles. The van der Waals surface area contributed by atoms with Crippen LogP contribution in [-0.4, -0.2) is 6.04 Å². The second-order valence-corrected chi connectivity index (χ2v) is 20.9. The van der Waals surface area contributed by atoms with Crippen LogP contribution in [-0.2, 0) is 0 Å². The molecular weight excluding hydrogens is 431 g/mol. The van der Waals surface area contributed by atoms with E-state index >= 15 is 0 Å². The Balaban J connectivity index is 3.08. The number of rotatable bonds is 2. The summed E-state index contributed by atoms with van der Waals surface area (Å²) in [5.74, 6) is 0. The third kappa shape index (κ3) is 7.99. The zero-order chi connectivity index (χ0) is 5.70. The fraction of sp³-hybridized carbons (Fsp3) is 1.00. The van der Waals surface area contributed by atoms with Crippen molar-refractivity contribution < 1.29 is 13.3 Å². The Hall–Kier alpha value is 1.99. The quantitative estimate of drug-likeness (QED) is 0.535. The van der Waals surface area contributed by atoms with Gasteiger partial charge in [-0.15, -0.1) is 0 Å². The van der Waals surface area contributed by atoms with Crippen molar-refractivity contribution in [3.05, 3.63) is 0 Å². The van der Waals surface area contributed by atoms with Crippen molar-refractivity contribution in [1.82, 2.24) is 0 Å².